The van der Waals surface area contributed by atoms with E-state index in [0.717, 1.165) is 16.9 Å². The van der Waals surface area contributed by atoms with Gasteiger partial charge in [-0.1, -0.05) is 42.5 Å². The fourth-order valence-electron chi connectivity index (χ4n) is 1.80. The molecule has 0 heterocycles. The quantitative estimate of drug-likeness (QED) is 0.848. The number of hydrogen-bond donors (Lipinski definition) is 1. The molecule has 0 aliphatic carbocycles. The smallest absolute Gasteiger partial charge is 0.327 e. The van der Waals surface area contributed by atoms with Gasteiger partial charge in [0.25, 0.3) is 0 Å². The first-order chi connectivity index (χ1) is 9.70. The molecule has 20 heavy (non-hydrogen) atoms. The minimum Gasteiger partial charge on any atom is -0.497 e. The normalized spacial score (nSPS) is 11.7. The topological polar surface area (TPSA) is 61.5 Å². The van der Waals surface area contributed by atoms with Gasteiger partial charge in [0.2, 0.25) is 0 Å². The lowest BCUT2D eigenvalue weighted by Crippen LogP contribution is -2.23. The predicted octanol–water partition coefficient (Wildman–Crippen LogP) is 2.44. The molecule has 0 fully saturated rings. The largest absolute Gasteiger partial charge is 0.497 e. The summed E-state index contributed by atoms with van der Waals surface area (Å²) in [6.45, 7) is 0.177. The van der Waals surface area contributed by atoms with E-state index >= 15 is 0 Å². The molecule has 4 nitrogen and oxygen atoms in total. The SMILES string of the molecule is COc1cccc(COC(=O)[C@@H](N)c2ccccc2)c1. The highest BCUT2D eigenvalue weighted by Crippen LogP contribution is 2.15. The van der Waals surface area contributed by atoms with Gasteiger partial charge in [-0.25, -0.2) is 4.79 Å². The predicted molar refractivity (Wildman–Crippen MR) is 76.2 cm³/mol. The van der Waals surface area contributed by atoms with Crippen LogP contribution in [0.2, 0.25) is 0 Å². The summed E-state index contributed by atoms with van der Waals surface area (Å²) in [6, 6.07) is 15.8. The standard InChI is InChI=1S/C16H17NO3/c1-19-14-9-5-6-12(10-14)11-20-16(18)15(17)13-7-3-2-4-8-13/h2-10,15H,11,17H2,1H3/t15-/m0/s1. The molecule has 4 heteroatoms. The summed E-state index contributed by atoms with van der Waals surface area (Å²) in [7, 11) is 1.59. The van der Waals surface area contributed by atoms with Crippen LogP contribution < -0.4 is 10.5 Å². The molecule has 0 radical (unpaired) electrons. The lowest BCUT2D eigenvalue weighted by atomic mass is 10.1. The summed E-state index contributed by atoms with van der Waals surface area (Å²) in [5, 5.41) is 0. The molecule has 2 N–H and O–H groups in total. The Kier molecular flexibility index (Phi) is 4.74. The molecular formula is C16H17NO3. The van der Waals surface area contributed by atoms with Crippen LogP contribution in [0.3, 0.4) is 0 Å². The first-order valence-corrected chi connectivity index (χ1v) is 6.31. The molecular weight excluding hydrogens is 254 g/mol. The Morgan fingerprint density at radius 1 is 1.15 bits per heavy atom. The number of carbonyl (C=O) groups excluding carboxylic acids is 1. The first kappa shape index (κ1) is 14.1. The van der Waals surface area contributed by atoms with Gasteiger partial charge in [0.1, 0.15) is 18.4 Å². The van der Waals surface area contributed by atoms with E-state index in [1.807, 2.05) is 42.5 Å². The summed E-state index contributed by atoms with van der Waals surface area (Å²) >= 11 is 0. The highest BCUT2D eigenvalue weighted by molar-refractivity contribution is 5.77. The van der Waals surface area contributed by atoms with Crippen molar-refractivity contribution >= 4 is 5.97 Å². The maximum Gasteiger partial charge on any atom is 0.327 e. The molecule has 0 aliphatic heterocycles. The molecule has 104 valence electrons. The van der Waals surface area contributed by atoms with Crippen LogP contribution in [0.1, 0.15) is 17.2 Å². The summed E-state index contributed by atoms with van der Waals surface area (Å²) in [6.07, 6.45) is 0. The highest BCUT2D eigenvalue weighted by Gasteiger charge is 2.16. The molecule has 1 atom stereocenters. The Bertz CT molecular complexity index is 569. The molecule has 0 aromatic heterocycles. The van der Waals surface area contributed by atoms with Crippen molar-refractivity contribution in [1.82, 2.24) is 0 Å². The maximum atomic E-state index is 11.9. The van der Waals surface area contributed by atoms with Crippen molar-refractivity contribution in [2.45, 2.75) is 12.6 Å². The number of esters is 1. The number of ether oxygens (including phenoxy) is 2. The number of rotatable bonds is 5. The maximum absolute atomic E-state index is 11.9. The van der Waals surface area contributed by atoms with Gasteiger partial charge in [-0.3, -0.25) is 0 Å². The van der Waals surface area contributed by atoms with E-state index in [1.165, 1.54) is 0 Å². The third-order valence-electron chi connectivity index (χ3n) is 2.93. The molecule has 0 unspecified atom stereocenters. The molecule has 0 saturated carbocycles. The third-order valence-corrected chi connectivity index (χ3v) is 2.93. The summed E-state index contributed by atoms with van der Waals surface area (Å²) in [5.41, 5.74) is 7.46. The van der Waals surface area contributed by atoms with E-state index in [2.05, 4.69) is 0 Å². The number of methoxy groups -OCH3 is 1. The number of nitrogens with two attached hydrogens (primary N) is 1. The van der Waals surface area contributed by atoms with Crippen LogP contribution in [0.25, 0.3) is 0 Å². The van der Waals surface area contributed by atoms with Gasteiger partial charge >= 0.3 is 5.97 Å². The lowest BCUT2D eigenvalue weighted by molar-refractivity contribution is -0.146. The summed E-state index contributed by atoms with van der Waals surface area (Å²) in [5.74, 6) is 0.282. The zero-order valence-electron chi connectivity index (χ0n) is 11.3. The fraction of sp³-hybridized carbons (Fsp3) is 0.188. The monoisotopic (exact) mass is 271 g/mol. The number of benzene rings is 2. The molecule has 0 aliphatic rings. The average molecular weight is 271 g/mol. The van der Waals surface area contributed by atoms with E-state index in [0.29, 0.717) is 0 Å². The van der Waals surface area contributed by atoms with Gasteiger partial charge in [0.15, 0.2) is 0 Å². The molecule has 0 amide bonds. The van der Waals surface area contributed by atoms with Gasteiger partial charge in [-0.2, -0.15) is 0 Å². The zero-order chi connectivity index (χ0) is 14.4. The minimum absolute atomic E-state index is 0.177. The van der Waals surface area contributed by atoms with Gasteiger partial charge < -0.3 is 15.2 Å². The second-order valence-corrected chi connectivity index (χ2v) is 4.35. The fourth-order valence-corrected chi connectivity index (χ4v) is 1.80. The third kappa shape index (κ3) is 3.59. The van der Waals surface area contributed by atoms with Crippen LogP contribution in [0.4, 0.5) is 0 Å². The Morgan fingerprint density at radius 2 is 1.90 bits per heavy atom. The van der Waals surface area contributed by atoms with Gasteiger partial charge in [-0.05, 0) is 23.3 Å². The van der Waals surface area contributed by atoms with Crippen molar-refractivity contribution in [2.75, 3.05) is 7.11 Å². The van der Waals surface area contributed by atoms with Crippen molar-refractivity contribution in [3.8, 4) is 5.75 Å². The van der Waals surface area contributed by atoms with E-state index in [-0.39, 0.29) is 6.61 Å². The Morgan fingerprint density at radius 3 is 2.60 bits per heavy atom. The first-order valence-electron chi connectivity index (χ1n) is 6.31. The van der Waals surface area contributed by atoms with Crippen LogP contribution in [0, 0.1) is 0 Å². The molecule has 0 saturated heterocycles. The lowest BCUT2D eigenvalue weighted by Gasteiger charge is -2.12. The van der Waals surface area contributed by atoms with Gasteiger partial charge in [0.05, 0.1) is 7.11 Å². The number of carbonyl (C=O) groups is 1. The van der Waals surface area contributed by atoms with Crippen LogP contribution >= 0.6 is 0 Å². The minimum atomic E-state index is -0.762. The van der Waals surface area contributed by atoms with Crippen molar-refractivity contribution in [2.24, 2.45) is 5.73 Å². The molecule has 0 bridgehead atoms. The summed E-state index contributed by atoms with van der Waals surface area (Å²) in [4.78, 5) is 11.9. The molecule has 2 aromatic carbocycles. The van der Waals surface area contributed by atoms with Crippen molar-refractivity contribution < 1.29 is 14.3 Å². The van der Waals surface area contributed by atoms with Gasteiger partial charge in [0, 0.05) is 0 Å². The van der Waals surface area contributed by atoms with E-state index in [9.17, 15) is 4.79 Å². The van der Waals surface area contributed by atoms with E-state index in [1.54, 1.807) is 19.2 Å². The highest BCUT2D eigenvalue weighted by atomic mass is 16.5. The van der Waals surface area contributed by atoms with Crippen molar-refractivity contribution in [1.29, 1.82) is 0 Å². The van der Waals surface area contributed by atoms with Crippen LogP contribution in [-0.2, 0) is 16.1 Å². The van der Waals surface area contributed by atoms with Crippen LogP contribution in [0.15, 0.2) is 54.6 Å². The van der Waals surface area contributed by atoms with Crippen LogP contribution in [0.5, 0.6) is 5.75 Å². The second kappa shape index (κ2) is 6.73. The Balaban J connectivity index is 1.95. The molecule has 2 rings (SSSR count). The van der Waals surface area contributed by atoms with Crippen molar-refractivity contribution in [3.63, 3.8) is 0 Å². The van der Waals surface area contributed by atoms with Crippen molar-refractivity contribution in [3.05, 3.63) is 65.7 Å². The van der Waals surface area contributed by atoms with Crippen LogP contribution in [-0.4, -0.2) is 13.1 Å². The second-order valence-electron chi connectivity index (χ2n) is 4.35. The molecule has 2 aromatic rings. The molecule has 0 spiro atoms. The average Bonchev–Trinajstić information content (AvgIpc) is 2.53. The Hall–Kier alpha value is -2.33. The number of hydrogen-bond acceptors (Lipinski definition) is 4. The zero-order valence-corrected chi connectivity index (χ0v) is 11.3. The van der Waals surface area contributed by atoms with E-state index < -0.39 is 12.0 Å². The van der Waals surface area contributed by atoms with E-state index in [4.69, 9.17) is 15.2 Å². The van der Waals surface area contributed by atoms with Gasteiger partial charge in [-0.15, -0.1) is 0 Å². The summed E-state index contributed by atoms with van der Waals surface area (Å²) < 4.78 is 10.3. The Labute approximate surface area is 118 Å².